The molecule has 28 heavy (non-hydrogen) atoms. The molecule has 2 heterocycles. The molecule has 0 atom stereocenters. The van der Waals surface area contributed by atoms with E-state index in [-0.39, 0.29) is 22.6 Å². The Balaban J connectivity index is 1.96. The minimum absolute atomic E-state index is 0.0134. The molecule has 4 nitrogen and oxygen atoms in total. The van der Waals surface area contributed by atoms with E-state index < -0.39 is 17.6 Å². The summed E-state index contributed by atoms with van der Waals surface area (Å²) in [7, 11) is 0. The number of halogens is 3. The number of hydrogen-bond acceptors (Lipinski definition) is 2. The molecule has 0 aliphatic carbocycles. The van der Waals surface area contributed by atoms with E-state index in [2.05, 4.69) is 0 Å². The number of benzene rings is 2. The van der Waals surface area contributed by atoms with Gasteiger partial charge in [0.1, 0.15) is 5.70 Å². The highest BCUT2D eigenvalue weighted by Gasteiger charge is 2.43. The molecule has 3 aromatic rings. The number of nitrogens with zero attached hydrogens (tertiary/aromatic N) is 2. The fraction of sp³-hybridized carbons (Fsp3) is 0.0476. The van der Waals surface area contributed by atoms with Crippen molar-refractivity contribution in [2.75, 3.05) is 4.90 Å². The van der Waals surface area contributed by atoms with Crippen molar-refractivity contribution in [3.8, 4) is 0 Å². The lowest BCUT2D eigenvalue weighted by atomic mass is 10.0. The molecule has 1 aliphatic rings. The monoisotopic (exact) mass is 382 g/mol. The molecule has 1 amide bonds. The van der Waals surface area contributed by atoms with E-state index >= 15 is 0 Å². The number of alkyl halides is 3. The number of carbonyl (C=O) groups is 1. The summed E-state index contributed by atoms with van der Waals surface area (Å²) in [6.45, 7) is 0. The zero-order valence-electron chi connectivity index (χ0n) is 14.4. The van der Waals surface area contributed by atoms with Crippen LogP contribution in [0, 0.1) is 5.21 Å². The molecule has 7 heteroatoms. The molecule has 1 aromatic heterocycles. The minimum Gasteiger partial charge on any atom is -0.711 e. The molecule has 0 N–H and O–H groups in total. The average molecular weight is 382 g/mol. The highest BCUT2D eigenvalue weighted by molar-refractivity contribution is 6.23. The van der Waals surface area contributed by atoms with E-state index in [0.717, 1.165) is 23.1 Å². The van der Waals surface area contributed by atoms with Crippen molar-refractivity contribution in [3.63, 3.8) is 0 Å². The van der Waals surface area contributed by atoms with E-state index in [1.165, 1.54) is 18.3 Å². The van der Waals surface area contributed by atoms with Crippen LogP contribution in [-0.4, -0.2) is 5.91 Å². The Morgan fingerprint density at radius 2 is 1.64 bits per heavy atom. The van der Waals surface area contributed by atoms with Crippen LogP contribution < -0.4 is 9.63 Å². The summed E-state index contributed by atoms with van der Waals surface area (Å²) in [5, 5.41) is 12.2. The molecular weight excluding hydrogens is 369 g/mol. The van der Waals surface area contributed by atoms with Crippen molar-refractivity contribution < 1.29 is 22.7 Å². The first-order valence-corrected chi connectivity index (χ1v) is 8.37. The fourth-order valence-electron chi connectivity index (χ4n) is 3.14. The number of aromatic nitrogens is 1. The molecule has 0 radical (unpaired) electrons. The van der Waals surface area contributed by atoms with Gasteiger partial charge in [0.25, 0.3) is 5.82 Å². The van der Waals surface area contributed by atoms with Crippen molar-refractivity contribution >= 4 is 23.5 Å². The third kappa shape index (κ3) is 3.00. The van der Waals surface area contributed by atoms with Gasteiger partial charge >= 0.3 is 12.1 Å². The smallest absolute Gasteiger partial charge is 0.416 e. The van der Waals surface area contributed by atoms with Crippen LogP contribution in [0.2, 0.25) is 0 Å². The van der Waals surface area contributed by atoms with Crippen molar-refractivity contribution in [2.45, 2.75) is 6.18 Å². The van der Waals surface area contributed by atoms with Gasteiger partial charge in [0, 0.05) is 11.6 Å². The first kappa shape index (κ1) is 17.8. The summed E-state index contributed by atoms with van der Waals surface area (Å²) in [5.74, 6) is -0.541. The van der Waals surface area contributed by atoms with E-state index in [1.807, 2.05) is 0 Å². The number of hydrogen-bond donors (Lipinski definition) is 0. The summed E-state index contributed by atoms with van der Waals surface area (Å²) in [6.07, 6.45) is -1.72. The van der Waals surface area contributed by atoms with Crippen LogP contribution in [0.5, 0.6) is 0 Å². The Bertz CT molecular complexity index is 1090. The Hall–Kier alpha value is -3.61. The Labute approximate surface area is 158 Å². The summed E-state index contributed by atoms with van der Waals surface area (Å²) >= 11 is 0. The van der Waals surface area contributed by atoms with E-state index in [1.54, 1.807) is 42.5 Å². The molecule has 0 spiro atoms. The van der Waals surface area contributed by atoms with E-state index in [9.17, 15) is 23.2 Å². The fourth-order valence-corrected chi connectivity index (χ4v) is 3.14. The Morgan fingerprint density at radius 1 is 0.929 bits per heavy atom. The average Bonchev–Trinajstić information content (AvgIpc) is 2.94. The summed E-state index contributed by atoms with van der Waals surface area (Å²) in [4.78, 5) is 14.1. The lowest BCUT2D eigenvalue weighted by Crippen LogP contribution is -2.37. The van der Waals surface area contributed by atoms with E-state index in [4.69, 9.17) is 0 Å². The van der Waals surface area contributed by atoms with Crippen LogP contribution >= 0.6 is 0 Å². The van der Waals surface area contributed by atoms with Crippen LogP contribution in [0.25, 0.3) is 11.8 Å². The first-order valence-electron chi connectivity index (χ1n) is 8.37. The largest absolute Gasteiger partial charge is 0.711 e. The van der Waals surface area contributed by atoms with Gasteiger partial charge in [0.2, 0.25) is 0 Å². The van der Waals surface area contributed by atoms with Crippen molar-refractivity contribution in [3.05, 3.63) is 100 Å². The molecule has 0 saturated carbocycles. The number of pyridine rings is 1. The number of fused-ring (bicyclic) bond motifs is 1. The Kier molecular flexibility index (Phi) is 4.15. The van der Waals surface area contributed by atoms with Gasteiger partial charge in [-0.25, -0.2) is 9.52 Å². The molecule has 0 fully saturated rings. The van der Waals surface area contributed by atoms with Crippen LogP contribution in [-0.2, 0) is 6.18 Å². The second-order valence-electron chi connectivity index (χ2n) is 6.22. The summed E-state index contributed by atoms with van der Waals surface area (Å²) < 4.78 is 40.2. The maximum Gasteiger partial charge on any atom is 0.416 e. The van der Waals surface area contributed by atoms with Crippen molar-refractivity contribution in [2.24, 2.45) is 0 Å². The number of anilines is 1. The van der Waals surface area contributed by atoms with Gasteiger partial charge in [-0.05, 0) is 35.9 Å². The SMILES string of the molecule is O=C1c2ccc(C(F)(F)F)cc2/C(=C/c2ccccc2)N1c1cccc[n+]1[O-]. The van der Waals surface area contributed by atoms with Gasteiger partial charge in [0.05, 0.1) is 17.3 Å². The lowest BCUT2D eigenvalue weighted by Gasteiger charge is -2.15. The molecule has 4 rings (SSSR count). The van der Waals surface area contributed by atoms with Gasteiger partial charge in [0.15, 0.2) is 0 Å². The standard InChI is InChI=1S/C21H13F3N2O2/c22-21(23,24)15-9-10-16-17(13-15)18(12-14-6-2-1-3-7-14)26(20(16)27)19-8-4-5-11-25(19)28/h1-13H/b18-12-. The van der Waals surface area contributed by atoms with Crippen LogP contribution in [0.3, 0.4) is 0 Å². The molecule has 0 bridgehead atoms. The predicted octanol–water partition coefficient (Wildman–Crippen LogP) is 4.50. The predicted molar refractivity (Wildman–Crippen MR) is 98.0 cm³/mol. The molecular formula is C21H13F3N2O2. The molecule has 140 valence electrons. The zero-order valence-corrected chi connectivity index (χ0v) is 14.4. The molecule has 2 aromatic carbocycles. The minimum atomic E-state index is -4.55. The quantitative estimate of drug-likeness (QED) is 0.484. The zero-order chi connectivity index (χ0) is 19.9. The highest BCUT2D eigenvalue weighted by Crippen LogP contribution is 2.40. The highest BCUT2D eigenvalue weighted by atomic mass is 19.4. The van der Waals surface area contributed by atoms with Gasteiger partial charge < -0.3 is 5.21 Å². The Morgan fingerprint density at radius 3 is 2.32 bits per heavy atom. The summed E-state index contributed by atoms with van der Waals surface area (Å²) in [6, 6.07) is 16.4. The third-order valence-corrected chi connectivity index (χ3v) is 4.43. The number of carbonyl (C=O) groups excluding carboxylic acids is 1. The van der Waals surface area contributed by atoms with E-state index in [0.29, 0.717) is 10.3 Å². The first-order chi connectivity index (χ1) is 13.4. The normalized spacial score (nSPS) is 15.2. The van der Waals surface area contributed by atoms with Crippen LogP contribution in [0.1, 0.15) is 27.0 Å². The van der Waals surface area contributed by atoms with Gasteiger partial charge in [-0.3, -0.25) is 0 Å². The van der Waals surface area contributed by atoms with Crippen LogP contribution in [0.4, 0.5) is 19.0 Å². The number of amides is 1. The molecule has 1 aliphatic heterocycles. The van der Waals surface area contributed by atoms with Crippen LogP contribution in [0.15, 0.2) is 72.9 Å². The third-order valence-electron chi connectivity index (χ3n) is 4.43. The molecule has 0 saturated heterocycles. The number of rotatable bonds is 2. The van der Waals surface area contributed by atoms with Gasteiger partial charge in [-0.15, -0.1) is 0 Å². The van der Waals surface area contributed by atoms with Crippen molar-refractivity contribution in [1.82, 2.24) is 0 Å². The topological polar surface area (TPSA) is 47.2 Å². The van der Waals surface area contributed by atoms with Crippen molar-refractivity contribution in [1.29, 1.82) is 0 Å². The summed E-state index contributed by atoms with van der Waals surface area (Å²) in [5.41, 5.74) is 0.288. The maximum atomic E-state index is 13.2. The maximum absolute atomic E-state index is 13.2. The lowest BCUT2D eigenvalue weighted by molar-refractivity contribution is -0.591. The molecule has 0 unspecified atom stereocenters. The van der Waals surface area contributed by atoms with Gasteiger partial charge in [-0.1, -0.05) is 36.4 Å². The second-order valence-corrected chi connectivity index (χ2v) is 6.22. The second kappa shape index (κ2) is 6.53. The van der Waals surface area contributed by atoms with Gasteiger partial charge in [-0.2, -0.15) is 18.1 Å².